The van der Waals surface area contributed by atoms with Gasteiger partial charge in [0.2, 0.25) is 5.91 Å². The number of aliphatic hydroxyl groups is 11. The van der Waals surface area contributed by atoms with Crippen molar-refractivity contribution in [2.45, 2.75) is 291 Å². The molecule has 484 valence electrons. The van der Waals surface area contributed by atoms with E-state index < -0.39 is 124 Å². The molecule has 19 heteroatoms. The van der Waals surface area contributed by atoms with Crippen LogP contribution in [0, 0.1) is 0 Å². The molecule has 3 aliphatic heterocycles. The molecule has 3 aliphatic rings. The first-order valence-electron chi connectivity index (χ1n) is 31.8. The van der Waals surface area contributed by atoms with E-state index in [-0.39, 0.29) is 18.9 Å². The molecule has 0 aromatic heterocycles. The number of aliphatic hydroxyl groups excluding tert-OH is 11. The molecule has 1 amide bonds. The fourth-order valence-electron chi connectivity index (χ4n) is 10.3. The number of nitrogens with one attached hydrogen (secondary N) is 1. The Morgan fingerprint density at radius 3 is 1.29 bits per heavy atom. The van der Waals surface area contributed by atoms with Crippen molar-refractivity contribution < 1.29 is 89.4 Å². The molecule has 19 nitrogen and oxygen atoms in total. The fraction of sp³-hybridized carbons (Fsp3) is 0.769. The standard InChI is InChI=1S/C65H111NO18/c1-3-5-7-9-11-13-15-16-17-18-19-20-21-22-23-24-25-26-27-28-29-30-31-32-33-35-37-39-41-43-53(71)66-48(49(70)42-40-38-36-34-14-12-10-8-6-4-2)47-79-63-59(77)56(74)61(51(45-68)81-63)84-65-60(78)57(75)62(52(46-69)82-65)83-64-58(76)55(73)54(72)50(44-67)80-64/h5,7,11,13,16-17,19-20,22-23,25-26,40,42,48-52,54-65,67-70,72-78H,3-4,6,8-10,12,14-15,18,21,24,27-39,41,43-47H2,1-2H3,(H,66,71)/b7-5-,13-11-,17-16-,20-19-,23-22-,26-25-,42-40+. The summed E-state index contributed by atoms with van der Waals surface area (Å²) >= 11 is 0. The molecule has 17 atom stereocenters. The second-order valence-electron chi connectivity index (χ2n) is 22.5. The summed E-state index contributed by atoms with van der Waals surface area (Å²) in [6, 6.07) is -0.978. The maximum absolute atomic E-state index is 13.3. The minimum atomic E-state index is -1.98. The molecule has 0 radical (unpaired) electrons. The monoisotopic (exact) mass is 1190 g/mol. The molecule has 84 heavy (non-hydrogen) atoms. The third kappa shape index (κ3) is 29.8. The Bertz CT molecular complexity index is 1860. The molecule has 3 saturated heterocycles. The van der Waals surface area contributed by atoms with Crippen molar-refractivity contribution in [1.82, 2.24) is 5.32 Å². The lowest BCUT2D eigenvalue weighted by molar-refractivity contribution is -0.379. The second-order valence-corrected chi connectivity index (χ2v) is 22.5. The van der Waals surface area contributed by atoms with Crippen LogP contribution in [-0.4, -0.2) is 193 Å². The number of carbonyl (C=O) groups is 1. The highest BCUT2D eigenvalue weighted by molar-refractivity contribution is 5.76. The molecule has 3 heterocycles. The zero-order chi connectivity index (χ0) is 61.2. The van der Waals surface area contributed by atoms with E-state index in [1.807, 2.05) is 6.08 Å². The highest BCUT2D eigenvalue weighted by Crippen LogP contribution is 2.33. The molecule has 0 saturated carbocycles. The smallest absolute Gasteiger partial charge is 0.220 e. The molecule has 3 rings (SSSR count). The lowest BCUT2D eigenvalue weighted by Gasteiger charge is -2.48. The lowest BCUT2D eigenvalue weighted by atomic mass is 9.96. The van der Waals surface area contributed by atoms with E-state index in [1.54, 1.807) is 6.08 Å². The van der Waals surface area contributed by atoms with Crippen LogP contribution in [0.5, 0.6) is 0 Å². The largest absolute Gasteiger partial charge is 0.394 e. The predicted molar refractivity (Wildman–Crippen MR) is 323 cm³/mol. The zero-order valence-electron chi connectivity index (χ0n) is 50.6. The minimum absolute atomic E-state index is 0.233. The molecule has 0 bridgehead atoms. The fourth-order valence-corrected chi connectivity index (χ4v) is 10.3. The Kier molecular flexibility index (Phi) is 42.1. The zero-order valence-corrected chi connectivity index (χ0v) is 50.6. The summed E-state index contributed by atoms with van der Waals surface area (Å²) in [6.07, 6.45) is 31.5. The van der Waals surface area contributed by atoms with Crippen molar-refractivity contribution in [2.75, 3.05) is 26.4 Å². The maximum Gasteiger partial charge on any atom is 0.220 e. The average Bonchev–Trinajstić information content (AvgIpc) is 2.80. The van der Waals surface area contributed by atoms with Gasteiger partial charge in [0.15, 0.2) is 18.9 Å². The van der Waals surface area contributed by atoms with Crippen LogP contribution in [0.25, 0.3) is 0 Å². The summed E-state index contributed by atoms with van der Waals surface area (Å²) in [7, 11) is 0. The molecule has 12 N–H and O–H groups in total. The van der Waals surface area contributed by atoms with Gasteiger partial charge in [-0.2, -0.15) is 0 Å². The van der Waals surface area contributed by atoms with Gasteiger partial charge in [0.25, 0.3) is 0 Å². The van der Waals surface area contributed by atoms with Crippen LogP contribution in [0.2, 0.25) is 0 Å². The third-order valence-corrected chi connectivity index (χ3v) is 15.4. The van der Waals surface area contributed by atoms with Crippen LogP contribution >= 0.6 is 0 Å². The predicted octanol–water partition coefficient (Wildman–Crippen LogP) is 6.76. The van der Waals surface area contributed by atoms with Crippen LogP contribution in [0.1, 0.15) is 187 Å². The molecule has 0 aromatic carbocycles. The van der Waals surface area contributed by atoms with Gasteiger partial charge in [-0.1, -0.05) is 195 Å². The van der Waals surface area contributed by atoms with Gasteiger partial charge < -0.3 is 89.9 Å². The second kappa shape index (κ2) is 47.0. The van der Waals surface area contributed by atoms with Gasteiger partial charge in [-0.3, -0.25) is 4.79 Å². The number of hydrogen-bond donors (Lipinski definition) is 12. The van der Waals surface area contributed by atoms with Crippen LogP contribution in [0.3, 0.4) is 0 Å². The van der Waals surface area contributed by atoms with Gasteiger partial charge in [-0.15, -0.1) is 0 Å². The average molecular weight is 1190 g/mol. The molecule has 0 spiro atoms. The van der Waals surface area contributed by atoms with Gasteiger partial charge in [-0.05, 0) is 70.6 Å². The van der Waals surface area contributed by atoms with Crippen molar-refractivity contribution in [1.29, 1.82) is 0 Å². The van der Waals surface area contributed by atoms with Crippen molar-refractivity contribution in [3.05, 3.63) is 85.1 Å². The quantitative estimate of drug-likeness (QED) is 0.0221. The van der Waals surface area contributed by atoms with Gasteiger partial charge in [-0.25, -0.2) is 0 Å². The normalized spacial score (nSPS) is 29.8. The van der Waals surface area contributed by atoms with Crippen LogP contribution in [0.4, 0.5) is 0 Å². The first kappa shape index (κ1) is 75.2. The first-order chi connectivity index (χ1) is 40.8. The highest BCUT2D eigenvalue weighted by Gasteiger charge is 2.53. The molecular weight excluding hydrogens is 1080 g/mol. The van der Waals surface area contributed by atoms with Crippen LogP contribution in [0.15, 0.2) is 85.1 Å². The third-order valence-electron chi connectivity index (χ3n) is 15.4. The summed E-state index contributed by atoms with van der Waals surface area (Å²) < 4.78 is 34.2. The SMILES string of the molecule is CC/C=C\C/C=C\C/C=C\C/C=C\C/C=C\C/C=C\CCCCCCCCCCCCC(=O)NC(COC1OC(CO)C(OC2OC(CO)C(OC3OC(CO)C(O)C(O)C3O)C(O)C2O)C(O)C1O)C(O)/C=C/CCCCCCCCCC. The van der Waals surface area contributed by atoms with E-state index in [4.69, 9.17) is 28.4 Å². The van der Waals surface area contributed by atoms with E-state index in [0.29, 0.717) is 6.42 Å². The minimum Gasteiger partial charge on any atom is -0.394 e. The Morgan fingerprint density at radius 1 is 0.440 bits per heavy atom. The van der Waals surface area contributed by atoms with Crippen molar-refractivity contribution in [3.8, 4) is 0 Å². The summed E-state index contributed by atoms with van der Waals surface area (Å²) in [6.45, 7) is 1.56. The number of allylic oxidation sites excluding steroid dienone is 13. The Morgan fingerprint density at radius 2 is 0.821 bits per heavy atom. The number of rotatable bonds is 46. The number of ether oxygens (including phenoxy) is 6. The number of carbonyl (C=O) groups excluding carboxylic acids is 1. The van der Waals surface area contributed by atoms with Crippen molar-refractivity contribution >= 4 is 5.91 Å². The summed E-state index contributed by atoms with van der Waals surface area (Å²) in [5.74, 6) is -0.287. The summed E-state index contributed by atoms with van der Waals surface area (Å²) in [5.41, 5.74) is 0. The maximum atomic E-state index is 13.3. The Hall–Kier alpha value is -3.03. The van der Waals surface area contributed by atoms with Crippen LogP contribution < -0.4 is 5.32 Å². The van der Waals surface area contributed by atoms with Gasteiger partial charge in [0.05, 0.1) is 38.6 Å². The summed E-state index contributed by atoms with van der Waals surface area (Å²) in [4.78, 5) is 13.3. The van der Waals surface area contributed by atoms with E-state index >= 15 is 0 Å². The van der Waals surface area contributed by atoms with E-state index in [2.05, 4.69) is 92.1 Å². The van der Waals surface area contributed by atoms with Crippen molar-refractivity contribution in [3.63, 3.8) is 0 Å². The Balaban J connectivity index is 1.40. The van der Waals surface area contributed by atoms with E-state index in [1.165, 1.54) is 64.2 Å². The van der Waals surface area contributed by atoms with Gasteiger partial charge >= 0.3 is 0 Å². The number of unbranched alkanes of at least 4 members (excludes halogenated alkanes) is 18. The number of amides is 1. The Labute approximate surface area is 501 Å². The molecule has 3 fully saturated rings. The molecule has 0 aliphatic carbocycles. The molecule has 17 unspecified atom stereocenters. The van der Waals surface area contributed by atoms with Gasteiger partial charge in [0.1, 0.15) is 73.2 Å². The highest BCUT2D eigenvalue weighted by atomic mass is 16.8. The van der Waals surface area contributed by atoms with Crippen LogP contribution in [-0.2, 0) is 33.2 Å². The lowest BCUT2D eigenvalue weighted by Crippen LogP contribution is -2.66. The molecule has 0 aromatic rings. The summed E-state index contributed by atoms with van der Waals surface area (Å²) in [5, 5.41) is 120. The van der Waals surface area contributed by atoms with E-state index in [9.17, 15) is 61.0 Å². The molecular formula is C65H111NO18. The van der Waals surface area contributed by atoms with E-state index in [0.717, 1.165) is 96.3 Å². The van der Waals surface area contributed by atoms with Crippen molar-refractivity contribution in [2.24, 2.45) is 0 Å². The van der Waals surface area contributed by atoms with Gasteiger partial charge in [0, 0.05) is 6.42 Å². The number of hydrogen-bond acceptors (Lipinski definition) is 18. The topological polar surface area (TPSA) is 307 Å². The first-order valence-corrected chi connectivity index (χ1v) is 31.8.